The second-order valence-electron chi connectivity index (χ2n) is 2.04. The Hall–Kier alpha value is -0.410. The quantitative estimate of drug-likeness (QED) is 0.480. The first kappa shape index (κ1) is 6.71. The van der Waals surface area contributed by atoms with Gasteiger partial charge < -0.3 is 14.3 Å². The molecule has 0 saturated carbocycles. The molecule has 3 nitrogen and oxygen atoms in total. The predicted octanol–water partition coefficient (Wildman–Crippen LogP) is 0.337. The zero-order valence-electron chi connectivity index (χ0n) is 5.37. The maximum absolute atomic E-state index is 10.1. The van der Waals surface area contributed by atoms with Gasteiger partial charge in [0.1, 0.15) is 12.4 Å². The van der Waals surface area contributed by atoms with E-state index in [0.29, 0.717) is 13.0 Å². The van der Waals surface area contributed by atoms with Crippen LogP contribution >= 0.6 is 0 Å². The molecule has 0 aromatic heterocycles. The SMILES string of the molecule is CC1OCCC(C=O)O1. The molecule has 0 radical (unpaired) electrons. The van der Waals surface area contributed by atoms with Gasteiger partial charge in [0, 0.05) is 6.42 Å². The van der Waals surface area contributed by atoms with Gasteiger partial charge in [-0.15, -0.1) is 0 Å². The van der Waals surface area contributed by atoms with E-state index in [1.807, 2.05) is 0 Å². The van der Waals surface area contributed by atoms with E-state index in [1.54, 1.807) is 6.92 Å². The number of carbonyl (C=O) groups excluding carboxylic acids is 1. The third-order valence-corrected chi connectivity index (χ3v) is 1.27. The summed E-state index contributed by atoms with van der Waals surface area (Å²) in [6, 6.07) is 0. The molecule has 1 heterocycles. The van der Waals surface area contributed by atoms with E-state index in [0.717, 1.165) is 6.29 Å². The maximum Gasteiger partial charge on any atom is 0.155 e. The summed E-state index contributed by atoms with van der Waals surface area (Å²) in [7, 11) is 0. The average Bonchev–Trinajstić information content (AvgIpc) is 1.88. The third kappa shape index (κ3) is 1.77. The van der Waals surface area contributed by atoms with Gasteiger partial charge in [-0.2, -0.15) is 0 Å². The smallest absolute Gasteiger partial charge is 0.155 e. The molecule has 0 bridgehead atoms. The molecule has 0 aromatic carbocycles. The van der Waals surface area contributed by atoms with Crippen molar-refractivity contribution < 1.29 is 14.3 Å². The topological polar surface area (TPSA) is 35.5 Å². The molecule has 0 aromatic rings. The maximum atomic E-state index is 10.1. The molecule has 9 heavy (non-hydrogen) atoms. The number of aldehydes is 1. The van der Waals surface area contributed by atoms with Crippen molar-refractivity contribution in [2.75, 3.05) is 6.61 Å². The van der Waals surface area contributed by atoms with Crippen LogP contribution in [0.4, 0.5) is 0 Å². The molecule has 1 saturated heterocycles. The lowest BCUT2D eigenvalue weighted by Crippen LogP contribution is -2.30. The van der Waals surface area contributed by atoms with Crippen molar-refractivity contribution in [3.63, 3.8) is 0 Å². The van der Waals surface area contributed by atoms with Crippen molar-refractivity contribution in [1.82, 2.24) is 0 Å². The lowest BCUT2D eigenvalue weighted by molar-refractivity contribution is -0.197. The Morgan fingerprint density at radius 1 is 1.67 bits per heavy atom. The summed E-state index contributed by atoms with van der Waals surface area (Å²) in [6.45, 7) is 2.42. The molecule has 1 rings (SSSR count). The van der Waals surface area contributed by atoms with E-state index in [-0.39, 0.29) is 12.4 Å². The Balaban J connectivity index is 2.31. The molecule has 1 fully saturated rings. The Morgan fingerprint density at radius 2 is 2.44 bits per heavy atom. The minimum absolute atomic E-state index is 0.214. The average molecular weight is 130 g/mol. The van der Waals surface area contributed by atoms with Crippen LogP contribution in [0.1, 0.15) is 13.3 Å². The number of hydrogen-bond donors (Lipinski definition) is 0. The fraction of sp³-hybridized carbons (Fsp3) is 0.833. The van der Waals surface area contributed by atoms with Crippen LogP contribution in [0.3, 0.4) is 0 Å². The van der Waals surface area contributed by atoms with Crippen LogP contribution in [0.2, 0.25) is 0 Å². The minimum Gasteiger partial charge on any atom is -0.353 e. The summed E-state index contributed by atoms with van der Waals surface area (Å²) in [4.78, 5) is 10.1. The Morgan fingerprint density at radius 3 is 2.89 bits per heavy atom. The van der Waals surface area contributed by atoms with Gasteiger partial charge >= 0.3 is 0 Å². The van der Waals surface area contributed by atoms with E-state index in [1.165, 1.54) is 0 Å². The van der Waals surface area contributed by atoms with Gasteiger partial charge in [0.25, 0.3) is 0 Å². The Kier molecular flexibility index (Phi) is 2.19. The van der Waals surface area contributed by atoms with Gasteiger partial charge in [-0.3, -0.25) is 0 Å². The van der Waals surface area contributed by atoms with E-state index >= 15 is 0 Å². The summed E-state index contributed by atoms with van der Waals surface area (Å²) < 4.78 is 10.1. The lowest BCUT2D eigenvalue weighted by Gasteiger charge is -2.23. The summed E-state index contributed by atoms with van der Waals surface area (Å²) in [6.07, 6.45) is 1.05. The lowest BCUT2D eigenvalue weighted by atomic mass is 10.3. The molecule has 1 aliphatic rings. The van der Waals surface area contributed by atoms with Gasteiger partial charge in [-0.1, -0.05) is 0 Å². The highest BCUT2D eigenvalue weighted by Gasteiger charge is 2.17. The zero-order chi connectivity index (χ0) is 6.69. The van der Waals surface area contributed by atoms with Crippen LogP contribution in [0, 0.1) is 0 Å². The van der Waals surface area contributed by atoms with Gasteiger partial charge in [0.2, 0.25) is 0 Å². The van der Waals surface area contributed by atoms with Crippen molar-refractivity contribution in [2.24, 2.45) is 0 Å². The highest BCUT2D eigenvalue weighted by Crippen LogP contribution is 2.08. The van der Waals surface area contributed by atoms with E-state index in [9.17, 15) is 4.79 Å². The highest BCUT2D eigenvalue weighted by molar-refractivity contribution is 5.55. The molecule has 2 atom stereocenters. The first-order chi connectivity index (χ1) is 4.33. The van der Waals surface area contributed by atoms with E-state index < -0.39 is 0 Å². The fourth-order valence-corrected chi connectivity index (χ4v) is 0.804. The van der Waals surface area contributed by atoms with Crippen molar-refractivity contribution >= 4 is 6.29 Å². The van der Waals surface area contributed by atoms with Crippen molar-refractivity contribution in [3.05, 3.63) is 0 Å². The molecule has 2 unspecified atom stereocenters. The summed E-state index contributed by atoms with van der Waals surface area (Å²) in [5, 5.41) is 0. The van der Waals surface area contributed by atoms with Crippen LogP contribution < -0.4 is 0 Å². The zero-order valence-corrected chi connectivity index (χ0v) is 5.37. The summed E-state index contributed by atoms with van der Waals surface area (Å²) in [5.74, 6) is 0. The van der Waals surface area contributed by atoms with Gasteiger partial charge in [0.15, 0.2) is 6.29 Å². The molecule has 0 amide bonds. The minimum atomic E-state index is -0.242. The van der Waals surface area contributed by atoms with E-state index in [4.69, 9.17) is 9.47 Å². The van der Waals surface area contributed by atoms with Crippen LogP contribution in [0.5, 0.6) is 0 Å². The van der Waals surface area contributed by atoms with Gasteiger partial charge in [-0.25, -0.2) is 0 Å². The highest BCUT2D eigenvalue weighted by atomic mass is 16.7. The normalized spacial score (nSPS) is 36.1. The van der Waals surface area contributed by atoms with Crippen LogP contribution in [0.15, 0.2) is 0 Å². The van der Waals surface area contributed by atoms with E-state index in [2.05, 4.69) is 0 Å². The summed E-state index contributed by atoms with van der Waals surface area (Å²) in [5.41, 5.74) is 0. The molecular weight excluding hydrogens is 120 g/mol. The van der Waals surface area contributed by atoms with Crippen LogP contribution in [-0.2, 0) is 14.3 Å². The molecular formula is C6H10O3. The molecule has 0 spiro atoms. The van der Waals surface area contributed by atoms with Crippen molar-refractivity contribution in [2.45, 2.75) is 25.7 Å². The number of carbonyl (C=O) groups is 1. The second-order valence-corrected chi connectivity index (χ2v) is 2.04. The number of rotatable bonds is 1. The molecule has 0 aliphatic carbocycles. The third-order valence-electron chi connectivity index (χ3n) is 1.27. The monoisotopic (exact) mass is 130 g/mol. The Bertz CT molecular complexity index is 102. The molecule has 3 heteroatoms. The largest absolute Gasteiger partial charge is 0.353 e. The van der Waals surface area contributed by atoms with Crippen LogP contribution in [-0.4, -0.2) is 25.3 Å². The Labute approximate surface area is 53.9 Å². The molecule has 52 valence electrons. The standard InChI is InChI=1S/C6H10O3/c1-5-8-3-2-6(4-7)9-5/h4-6H,2-3H2,1H3. The molecule has 0 N–H and O–H groups in total. The second kappa shape index (κ2) is 2.94. The number of hydrogen-bond acceptors (Lipinski definition) is 3. The fourth-order valence-electron chi connectivity index (χ4n) is 0.804. The first-order valence-corrected chi connectivity index (χ1v) is 3.05. The van der Waals surface area contributed by atoms with Crippen molar-refractivity contribution in [3.8, 4) is 0 Å². The van der Waals surface area contributed by atoms with Gasteiger partial charge in [0.05, 0.1) is 6.61 Å². The number of ether oxygens (including phenoxy) is 2. The molecule has 1 aliphatic heterocycles. The van der Waals surface area contributed by atoms with Gasteiger partial charge in [-0.05, 0) is 6.92 Å². The summed E-state index contributed by atoms with van der Waals surface area (Å²) >= 11 is 0. The first-order valence-electron chi connectivity index (χ1n) is 3.05. The predicted molar refractivity (Wildman–Crippen MR) is 31.0 cm³/mol. The van der Waals surface area contributed by atoms with Crippen molar-refractivity contribution in [1.29, 1.82) is 0 Å². The van der Waals surface area contributed by atoms with Crippen LogP contribution in [0.25, 0.3) is 0 Å².